The average Bonchev–Trinajstić information content (AvgIpc) is 2.61. The van der Waals surface area contributed by atoms with Crippen LogP contribution in [0.15, 0.2) is 30.3 Å². The zero-order valence-electron chi connectivity index (χ0n) is 15.5. The van der Waals surface area contributed by atoms with E-state index in [1.807, 2.05) is 37.3 Å². The summed E-state index contributed by atoms with van der Waals surface area (Å²) in [6.45, 7) is 6.26. The first-order valence-electron chi connectivity index (χ1n) is 8.75. The van der Waals surface area contributed by atoms with E-state index in [2.05, 4.69) is 5.32 Å². The zero-order valence-corrected chi connectivity index (χ0v) is 15.5. The Balaban J connectivity index is 1.77. The third-order valence-electron chi connectivity index (χ3n) is 4.95. The quantitative estimate of drug-likeness (QED) is 0.615. The molecule has 7 nitrogen and oxygen atoms in total. The fourth-order valence-corrected chi connectivity index (χ4v) is 3.21. The predicted molar refractivity (Wildman–Crippen MR) is 95.1 cm³/mol. The maximum absolute atomic E-state index is 12.2. The number of ether oxygens (including phenoxy) is 3. The highest BCUT2D eigenvalue weighted by atomic mass is 16.5. The number of carbonyl (C=O) groups excluding carboxylic acids is 1. The van der Waals surface area contributed by atoms with Gasteiger partial charge in [0.05, 0.1) is 12.7 Å². The molecule has 26 heavy (non-hydrogen) atoms. The van der Waals surface area contributed by atoms with Gasteiger partial charge in [0.25, 0.3) is 0 Å². The van der Waals surface area contributed by atoms with Gasteiger partial charge in [-0.3, -0.25) is 4.79 Å². The van der Waals surface area contributed by atoms with E-state index in [1.54, 1.807) is 13.8 Å². The van der Waals surface area contributed by atoms with Crippen molar-refractivity contribution < 1.29 is 28.9 Å². The summed E-state index contributed by atoms with van der Waals surface area (Å²) in [5.41, 5.74) is -2.05. The van der Waals surface area contributed by atoms with E-state index in [-0.39, 0.29) is 25.7 Å². The molecule has 1 aromatic carbocycles. The van der Waals surface area contributed by atoms with Gasteiger partial charge in [0.1, 0.15) is 24.5 Å². The maximum atomic E-state index is 12.2. The highest BCUT2D eigenvalue weighted by Crippen LogP contribution is 2.51. The summed E-state index contributed by atoms with van der Waals surface area (Å²) < 4.78 is 16.3. The lowest BCUT2D eigenvalue weighted by atomic mass is 9.54. The van der Waals surface area contributed by atoms with Crippen molar-refractivity contribution in [3.05, 3.63) is 30.3 Å². The van der Waals surface area contributed by atoms with Crippen molar-refractivity contribution in [2.24, 2.45) is 5.41 Å². The van der Waals surface area contributed by atoms with Crippen LogP contribution in [0.3, 0.4) is 0 Å². The lowest BCUT2D eigenvalue weighted by Gasteiger charge is -2.58. The van der Waals surface area contributed by atoms with Crippen molar-refractivity contribution in [1.29, 1.82) is 0 Å². The molecule has 0 heterocycles. The van der Waals surface area contributed by atoms with E-state index in [9.17, 15) is 14.7 Å². The largest absolute Gasteiger partial charge is 0.491 e. The highest BCUT2D eigenvalue weighted by molar-refractivity contribution is 5.89. The third kappa shape index (κ3) is 4.16. The zero-order chi connectivity index (χ0) is 19.2. The molecule has 0 bridgehead atoms. The summed E-state index contributed by atoms with van der Waals surface area (Å²) in [5.74, 6) is -0.794. The van der Waals surface area contributed by atoms with Gasteiger partial charge in [-0.1, -0.05) is 32.0 Å². The second kappa shape index (κ2) is 8.51. The number of hydrogen-bond acceptors (Lipinski definition) is 5. The first-order chi connectivity index (χ1) is 12.3. The van der Waals surface area contributed by atoms with Crippen molar-refractivity contribution in [3.8, 4) is 5.75 Å². The van der Waals surface area contributed by atoms with Crippen LogP contribution in [0, 0.1) is 5.41 Å². The number of rotatable bonds is 10. The van der Waals surface area contributed by atoms with E-state index in [0.717, 1.165) is 5.75 Å². The van der Waals surface area contributed by atoms with Gasteiger partial charge in [-0.25, -0.2) is 4.79 Å². The number of carboxylic acid groups (broad SMARTS) is 1. The second-order valence-corrected chi connectivity index (χ2v) is 6.84. The van der Waals surface area contributed by atoms with Gasteiger partial charge in [-0.05, 0) is 19.1 Å². The van der Waals surface area contributed by atoms with Gasteiger partial charge in [0.2, 0.25) is 5.91 Å². The summed E-state index contributed by atoms with van der Waals surface area (Å²) in [6, 6.07) is 9.29. The van der Waals surface area contributed by atoms with E-state index in [1.165, 1.54) is 0 Å². The molecule has 7 heteroatoms. The SMILES string of the molecule is CCOC1CC(NC(=O)COCCOc2ccccc2)(C(=O)O)C1(C)C. The molecule has 0 radical (unpaired) electrons. The number of aliphatic carboxylic acids is 1. The highest BCUT2D eigenvalue weighted by Gasteiger charge is 2.66. The van der Waals surface area contributed by atoms with Crippen molar-refractivity contribution in [1.82, 2.24) is 5.32 Å². The Morgan fingerprint density at radius 3 is 2.50 bits per heavy atom. The Morgan fingerprint density at radius 2 is 1.92 bits per heavy atom. The number of carboxylic acids is 1. The van der Waals surface area contributed by atoms with Crippen LogP contribution in [-0.2, 0) is 19.1 Å². The number of carbonyl (C=O) groups is 2. The number of amides is 1. The lowest BCUT2D eigenvalue weighted by molar-refractivity contribution is -0.195. The molecule has 1 saturated carbocycles. The molecule has 0 saturated heterocycles. The Labute approximate surface area is 153 Å². The Bertz CT molecular complexity index is 618. The van der Waals surface area contributed by atoms with Crippen LogP contribution in [-0.4, -0.2) is 55.1 Å². The fourth-order valence-electron chi connectivity index (χ4n) is 3.21. The van der Waals surface area contributed by atoms with Crippen LogP contribution in [0.1, 0.15) is 27.2 Å². The summed E-state index contributed by atoms with van der Waals surface area (Å²) in [7, 11) is 0. The summed E-state index contributed by atoms with van der Waals surface area (Å²) in [5, 5.41) is 12.3. The van der Waals surface area contributed by atoms with Crippen molar-refractivity contribution in [3.63, 3.8) is 0 Å². The number of hydrogen-bond donors (Lipinski definition) is 2. The minimum atomic E-state index is -1.34. The molecule has 1 fully saturated rings. The molecule has 144 valence electrons. The normalized spacial score (nSPS) is 23.7. The van der Waals surface area contributed by atoms with Crippen molar-refractivity contribution >= 4 is 11.9 Å². The Kier molecular flexibility index (Phi) is 6.61. The predicted octanol–water partition coefficient (Wildman–Crippen LogP) is 1.86. The van der Waals surface area contributed by atoms with Crippen LogP contribution in [0.25, 0.3) is 0 Å². The van der Waals surface area contributed by atoms with Crippen molar-refractivity contribution in [2.75, 3.05) is 26.4 Å². The van der Waals surface area contributed by atoms with Crippen molar-refractivity contribution in [2.45, 2.75) is 38.8 Å². The number of para-hydroxylation sites is 1. The van der Waals surface area contributed by atoms with Gasteiger partial charge in [0.15, 0.2) is 0 Å². The summed E-state index contributed by atoms with van der Waals surface area (Å²) in [4.78, 5) is 24.0. The molecule has 2 atom stereocenters. The first kappa shape index (κ1) is 20.2. The summed E-state index contributed by atoms with van der Waals surface area (Å²) in [6.07, 6.45) is 0.0375. The van der Waals surface area contributed by atoms with E-state index in [0.29, 0.717) is 13.2 Å². The fraction of sp³-hybridized carbons (Fsp3) is 0.579. The average molecular weight is 365 g/mol. The molecular formula is C19H27NO6. The molecule has 0 spiro atoms. The van der Waals surface area contributed by atoms with E-state index < -0.39 is 22.8 Å². The third-order valence-corrected chi connectivity index (χ3v) is 4.95. The molecule has 1 aliphatic carbocycles. The van der Waals surface area contributed by atoms with E-state index >= 15 is 0 Å². The van der Waals surface area contributed by atoms with Gasteiger partial charge in [-0.2, -0.15) is 0 Å². The Morgan fingerprint density at radius 1 is 1.23 bits per heavy atom. The maximum Gasteiger partial charge on any atom is 0.330 e. The number of nitrogens with one attached hydrogen (secondary N) is 1. The molecule has 1 aliphatic rings. The second-order valence-electron chi connectivity index (χ2n) is 6.84. The van der Waals surface area contributed by atoms with Gasteiger partial charge >= 0.3 is 5.97 Å². The van der Waals surface area contributed by atoms with Crippen LogP contribution < -0.4 is 10.1 Å². The molecule has 1 aromatic rings. The molecule has 1 amide bonds. The van der Waals surface area contributed by atoms with Crippen LogP contribution in [0.2, 0.25) is 0 Å². The first-order valence-corrected chi connectivity index (χ1v) is 8.75. The molecular weight excluding hydrogens is 338 g/mol. The molecule has 2 unspecified atom stereocenters. The van der Waals surface area contributed by atoms with Crippen LogP contribution >= 0.6 is 0 Å². The minimum absolute atomic E-state index is 0.205. The van der Waals surface area contributed by atoms with Gasteiger partial charge in [-0.15, -0.1) is 0 Å². The lowest BCUT2D eigenvalue weighted by Crippen LogP contribution is -2.76. The monoisotopic (exact) mass is 365 g/mol. The molecule has 2 rings (SSSR count). The van der Waals surface area contributed by atoms with E-state index in [4.69, 9.17) is 14.2 Å². The Hall–Kier alpha value is -2.12. The van der Waals surface area contributed by atoms with Crippen LogP contribution in [0.5, 0.6) is 5.75 Å². The number of benzene rings is 1. The molecule has 0 aromatic heterocycles. The molecule has 0 aliphatic heterocycles. The smallest absolute Gasteiger partial charge is 0.330 e. The standard InChI is InChI=1S/C19H27NO6/c1-4-25-15-12-19(17(22)23,18(15,2)3)20-16(21)13-24-10-11-26-14-8-6-5-7-9-14/h5-9,15H,4,10-13H2,1-3H3,(H,20,21)(H,22,23). The minimum Gasteiger partial charge on any atom is -0.491 e. The van der Waals surface area contributed by atoms with Gasteiger partial charge in [0, 0.05) is 18.4 Å². The van der Waals surface area contributed by atoms with Gasteiger partial charge < -0.3 is 24.6 Å². The van der Waals surface area contributed by atoms with Crippen LogP contribution in [0.4, 0.5) is 0 Å². The molecule has 2 N–H and O–H groups in total. The summed E-state index contributed by atoms with van der Waals surface area (Å²) >= 11 is 0. The topological polar surface area (TPSA) is 94.1 Å².